The number of hydrogen-bond donors (Lipinski definition) is 3. The van der Waals surface area contributed by atoms with Crippen LogP contribution in [0.15, 0.2) is 51.7 Å². The highest BCUT2D eigenvalue weighted by atomic mass is 16.6. The van der Waals surface area contributed by atoms with Gasteiger partial charge < -0.3 is 34.6 Å². The number of aliphatic hydroxyl groups is 2. The third-order valence-corrected chi connectivity index (χ3v) is 12.3. The quantitative estimate of drug-likeness (QED) is 0.157. The fourth-order valence-electron chi connectivity index (χ4n) is 9.22. The van der Waals surface area contributed by atoms with Crippen molar-refractivity contribution in [1.82, 2.24) is 5.32 Å². The Kier molecular flexibility index (Phi) is 10.4. The molecule has 276 valence electrons. The van der Waals surface area contributed by atoms with E-state index in [9.17, 15) is 24.6 Å². The van der Waals surface area contributed by atoms with Gasteiger partial charge in [0.2, 0.25) is 0 Å². The number of cyclic esters (lactones) is 1. The number of nitrogens with zero attached hydrogens (tertiary/aromatic N) is 3. The molecule has 12 nitrogen and oxygen atoms in total. The number of carbonyl (C=O) groups is 3. The molecule has 5 unspecified atom stereocenters. The Bertz CT molecular complexity index is 1660. The number of carbonyl (C=O) groups excluding carboxylic acids is 3. The van der Waals surface area contributed by atoms with Gasteiger partial charge in [-0.15, -0.1) is 0 Å². The lowest BCUT2D eigenvalue weighted by Crippen LogP contribution is -2.61. The normalized spacial score (nSPS) is 33.2. The van der Waals surface area contributed by atoms with Gasteiger partial charge in [-0.05, 0) is 87.0 Å². The lowest BCUT2D eigenvalue weighted by Gasteiger charge is -2.61. The van der Waals surface area contributed by atoms with Crippen LogP contribution in [0.2, 0.25) is 0 Å². The third-order valence-electron chi connectivity index (χ3n) is 12.3. The zero-order chi connectivity index (χ0) is 36.7. The number of rotatable bonds is 13. The van der Waals surface area contributed by atoms with E-state index in [0.717, 1.165) is 24.9 Å². The standard InChI is InChI=1S/C39H52N4O8/c1-7-49-36(48)34(24-8-10-25(11-9-24)43(5)6)29-18-26(35(47)51-29)27(42-23(2)28(45)20-33-40-16-17-41-33)19-31-37(3)14-13-32(46)38(4,21-44)30(37)12-15-39(31)22-50-39/h8-11,16,18,23,27,30-32,42,44,46H,7,12-15,17,19-22H2,1-6H3/b34-29-/t23?,27?,30?,31?,32-,37+,38+,39?/m1/s1. The maximum atomic E-state index is 13.9. The average molecular weight is 705 g/mol. The number of ether oxygens (including phenoxy) is 3. The second-order valence-corrected chi connectivity index (χ2v) is 15.5. The highest BCUT2D eigenvalue weighted by Crippen LogP contribution is 2.66. The van der Waals surface area contributed by atoms with Gasteiger partial charge in [0.05, 0.1) is 56.1 Å². The number of fused-ring (bicyclic) bond motifs is 1. The Morgan fingerprint density at radius 1 is 1.16 bits per heavy atom. The summed E-state index contributed by atoms with van der Waals surface area (Å²) in [6.45, 7) is 8.74. The molecular formula is C39H52N4O8. The van der Waals surface area contributed by atoms with Crippen molar-refractivity contribution in [3.05, 3.63) is 47.2 Å². The molecule has 3 heterocycles. The molecule has 6 rings (SSSR count). The fourth-order valence-corrected chi connectivity index (χ4v) is 9.22. The number of ketones is 1. The van der Waals surface area contributed by atoms with Crippen LogP contribution in [0.3, 0.4) is 0 Å². The first kappa shape index (κ1) is 37.1. The molecule has 3 fully saturated rings. The number of epoxide rings is 1. The number of amidine groups is 1. The molecule has 1 spiro atoms. The first-order valence-corrected chi connectivity index (χ1v) is 18.2. The molecule has 0 amide bonds. The molecule has 1 aromatic rings. The monoisotopic (exact) mass is 704 g/mol. The molecule has 2 aliphatic carbocycles. The Morgan fingerprint density at radius 3 is 2.49 bits per heavy atom. The van der Waals surface area contributed by atoms with Crippen molar-refractivity contribution in [1.29, 1.82) is 0 Å². The van der Waals surface area contributed by atoms with Crippen LogP contribution < -0.4 is 10.2 Å². The van der Waals surface area contributed by atoms with Crippen LogP contribution in [0.1, 0.15) is 71.8 Å². The minimum Gasteiger partial charge on any atom is -0.462 e. The summed E-state index contributed by atoms with van der Waals surface area (Å²) >= 11 is 0. The Morgan fingerprint density at radius 2 is 1.88 bits per heavy atom. The lowest BCUT2D eigenvalue weighted by atomic mass is 9.44. The van der Waals surface area contributed by atoms with Crippen LogP contribution in [0.25, 0.3) is 5.57 Å². The van der Waals surface area contributed by atoms with E-state index in [4.69, 9.17) is 14.2 Å². The molecule has 5 aliphatic rings. The van der Waals surface area contributed by atoms with Crippen LogP contribution in [0, 0.1) is 22.7 Å². The molecule has 0 bridgehead atoms. The number of aliphatic hydroxyl groups excluding tert-OH is 2. The van der Waals surface area contributed by atoms with Crippen molar-refractivity contribution in [2.24, 2.45) is 32.7 Å². The molecule has 51 heavy (non-hydrogen) atoms. The number of anilines is 1. The Labute approximate surface area is 300 Å². The van der Waals surface area contributed by atoms with Crippen molar-refractivity contribution in [3.63, 3.8) is 0 Å². The number of nitrogens with one attached hydrogen (secondary N) is 1. The van der Waals surface area contributed by atoms with Gasteiger partial charge in [0, 0.05) is 37.5 Å². The van der Waals surface area contributed by atoms with E-state index in [1.165, 1.54) is 0 Å². The number of benzene rings is 1. The lowest BCUT2D eigenvalue weighted by molar-refractivity contribution is -0.177. The van der Waals surface area contributed by atoms with Gasteiger partial charge in [0.15, 0.2) is 5.78 Å². The molecular weight excluding hydrogens is 652 g/mol. The van der Waals surface area contributed by atoms with Crippen LogP contribution in [-0.4, -0.2) is 104 Å². The molecule has 12 heteroatoms. The zero-order valence-electron chi connectivity index (χ0n) is 30.6. The average Bonchev–Trinajstić information content (AvgIpc) is 3.48. The van der Waals surface area contributed by atoms with E-state index < -0.39 is 41.1 Å². The smallest absolute Gasteiger partial charge is 0.342 e. The Hall–Kier alpha value is -3.71. The maximum absolute atomic E-state index is 13.9. The minimum atomic E-state index is -0.686. The van der Waals surface area contributed by atoms with Crippen molar-refractivity contribution in [2.75, 3.05) is 45.4 Å². The van der Waals surface area contributed by atoms with Crippen LogP contribution >= 0.6 is 0 Å². The van der Waals surface area contributed by atoms with Crippen molar-refractivity contribution in [3.8, 4) is 0 Å². The van der Waals surface area contributed by atoms with E-state index in [0.29, 0.717) is 43.0 Å². The fraction of sp³-hybridized carbons (Fsp3) is 0.615. The van der Waals surface area contributed by atoms with Gasteiger partial charge in [0.1, 0.15) is 17.2 Å². The summed E-state index contributed by atoms with van der Waals surface area (Å²) < 4.78 is 17.6. The van der Waals surface area contributed by atoms with Crippen LogP contribution in [0.5, 0.6) is 0 Å². The molecule has 1 saturated heterocycles. The van der Waals surface area contributed by atoms with E-state index in [-0.39, 0.29) is 54.0 Å². The second kappa shape index (κ2) is 14.4. The van der Waals surface area contributed by atoms with Gasteiger partial charge in [-0.3, -0.25) is 9.79 Å². The van der Waals surface area contributed by atoms with E-state index in [1.54, 1.807) is 38.3 Å². The topological polar surface area (TPSA) is 163 Å². The zero-order valence-corrected chi connectivity index (χ0v) is 30.6. The van der Waals surface area contributed by atoms with Gasteiger partial charge in [-0.25, -0.2) is 14.6 Å². The van der Waals surface area contributed by atoms with Crippen molar-refractivity contribution >= 4 is 41.0 Å². The highest BCUT2D eigenvalue weighted by molar-refractivity contribution is 6.19. The highest BCUT2D eigenvalue weighted by Gasteiger charge is 2.67. The second-order valence-electron chi connectivity index (χ2n) is 15.5. The summed E-state index contributed by atoms with van der Waals surface area (Å²) in [6.07, 6.45) is 5.99. The van der Waals surface area contributed by atoms with Gasteiger partial charge in [-0.2, -0.15) is 0 Å². The summed E-state index contributed by atoms with van der Waals surface area (Å²) in [5.41, 5.74) is 0.490. The molecule has 3 aliphatic heterocycles. The van der Waals surface area contributed by atoms with Crippen LogP contribution in [-0.2, 0) is 28.6 Å². The first-order valence-electron chi connectivity index (χ1n) is 18.2. The Balaban J connectivity index is 1.40. The van der Waals surface area contributed by atoms with Crippen molar-refractivity contribution < 1.29 is 38.8 Å². The predicted octanol–water partition coefficient (Wildman–Crippen LogP) is 3.64. The van der Waals surface area contributed by atoms with Crippen LogP contribution in [0.4, 0.5) is 5.69 Å². The number of esters is 2. The van der Waals surface area contributed by atoms with E-state index >= 15 is 0 Å². The minimum absolute atomic E-state index is 0.0111. The molecule has 0 radical (unpaired) electrons. The summed E-state index contributed by atoms with van der Waals surface area (Å²) in [7, 11) is 3.85. The summed E-state index contributed by atoms with van der Waals surface area (Å²) in [5, 5.41) is 25.2. The molecule has 2 saturated carbocycles. The predicted molar refractivity (Wildman–Crippen MR) is 193 cm³/mol. The molecule has 3 N–H and O–H groups in total. The summed E-state index contributed by atoms with van der Waals surface area (Å²) in [4.78, 5) is 51.3. The molecule has 1 aromatic carbocycles. The third kappa shape index (κ3) is 6.95. The SMILES string of the molecule is CCOC(=O)/C(=C1/C=C(C(CC2C3(CCC4[C@]2(C)CC[C@@H](O)[C@@]4(C)CO)CO3)NC(C)C(=O)CC2=NCC=N2)C(=O)O1)c1ccc(N(C)C)cc1. The number of Topliss-reactive ketones (excluding diaryl/α,β-unsaturated/α-hetero) is 1. The van der Waals surface area contributed by atoms with Crippen molar-refractivity contribution in [2.45, 2.75) is 90.0 Å². The van der Waals surface area contributed by atoms with E-state index in [1.807, 2.05) is 38.1 Å². The van der Waals surface area contributed by atoms with Gasteiger partial charge in [-0.1, -0.05) is 26.0 Å². The van der Waals surface area contributed by atoms with E-state index in [2.05, 4.69) is 22.2 Å². The number of aliphatic imine (C=N–C) groups is 2. The molecule has 0 aromatic heterocycles. The first-order chi connectivity index (χ1) is 24.3. The molecule has 8 atom stereocenters. The largest absolute Gasteiger partial charge is 0.462 e. The number of allylic oxidation sites excluding steroid dienone is 1. The summed E-state index contributed by atoms with van der Waals surface area (Å²) in [5.74, 6) is -0.837. The van der Waals surface area contributed by atoms with Gasteiger partial charge in [0.25, 0.3) is 0 Å². The maximum Gasteiger partial charge on any atom is 0.342 e. The summed E-state index contributed by atoms with van der Waals surface area (Å²) in [6, 6.07) is 6.03. The number of hydrogen-bond acceptors (Lipinski definition) is 12. The van der Waals surface area contributed by atoms with Gasteiger partial charge >= 0.3 is 11.9 Å².